The highest BCUT2D eigenvalue weighted by Crippen LogP contribution is 2.30. The molecule has 7 nitrogen and oxygen atoms in total. The zero-order chi connectivity index (χ0) is 11.3. The van der Waals surface area contributed by atoms with Crippen LogP contribution in [0.25, 0.3) is 17.4 Å². The van der Waals surface area contributed by atoms with Crippen molar-refractivity contribution in [2.24, 2.45) is 0 Å². The first-order valence-electron chi connectivity index (χ1n) is 4.79. The fourth-order valence-corrected chi connectivity index (χ4v) is 1.53. The molecule has 0 radical (unpaired) electrons. The van der Waals surface area contributed by atoms with E-state index in [0.29, 0.717) is 17.6 Å². The number of imidazole rings is 1. The summed E-state index contributed by atoms with van der Waals surface area (Å²) in [6.45, 7) is 0. The van der Waals surface area contributed by atoms with Crippen LogP contribution in [0.15, 0.2) is 11.9 Å². The number of nitrogen functional groups attached to an aromatic ring is 2. The van der Waals surface area contributed by atoms with Gasteiger partial charge in [0.2, 0.25) is 5.95 Å². The van der Waals surface area contributed by atoms with Crippen molar-refractivity contribution in [2.75, 3.05) is 11.5 Å². The molecular formula is C9H10N6O. The lowest BCUT2D eigenvalue weighted by Crippen LogP contribution is -2.01. The number of aromatic nitrogens is 4. The van der Waals surface area contributed by atoms with Crippen LogP contribution in [-0.2, 0) is 0 Å². The van der Waals surface area contributed by atoms with E-state index in [1.54, 1.807) is 17.1 Å². The molecule has 0 spiro atoms. The van der Waals surface area contributed by atoms with Crippen molar-refractivity contribution in [1.29, 1.82) is 0 Å². The van der Waals surface area contributed by atoms with Crippen LogP contribution in [0.1, 0.15) is 6.42 Å². The molecule has 2 aromatic rings. The summed E-state index contributed by atoms with van der Waals surface area (Å²) >= 11 is 0. The van der Waals surface area contributed by atoms with Crippen molar-refractivity contribution in [3.8, 4) is 0 Å². The Morgan fingerprint density at radius 3 is 2.88 bits per heavy atom. The van der Waals surface area contributed by atoms with Gasteiger partial charge in [0, 0.05) is 12.6 Å². The quantitative estimate of drug-likeness (QED) is 0.599. The third-order valence-electron chi connectivity index (χ3n) is 2.47. The molecule has 1 unspecified atom stereocenters. The third kappa shape index (κ3) is 1.29. The molecule has 2 heterocycles. The largest absolute Gasteiger partial charge is 0.388 e. The molecule has 0 aromatic carbocycles. The van der Waals surface area contributed by atoms with E-state index in [2.05, 4.69) is 15.0 Å². The van der Waals surface area contributed by atoms with Crippen LogP contribution >= 0.6 is 0 Å². The summed E-state index contributed by atoms with van der Waals surface area (Å²) in [5.74, 6) is 0.373. The highest BCUT2D eigenvalue weighted by molar-refractivity contribution is 5.84. The lowest BCUT2D eigenvalue weighted by molar-refractivity contribution is 0.291. The van der Waals surface area contributed by atoms with E-state index in [-0.39, 0.29) is 17.9 Å². The second kappa shape index (κ2) is 2.92. The van der Waals surface area contributed by atoms with E-state index < -0.39 is 0 Å². The molecule has 0 aliphatic heterocycles. The van der Waals surface area contributed by atoms with Crippen LogP contribution in [0.2, 0.25) is 0 Å². The summed E-state index contributed by atoms with van der Waals surface area (Å²) in [7, 11) is 0. The summed E-state index contributed by atoms with van der Waals surface area (Å²) < 4.78 is 1.69. The molecule has 1 fully saturated rings. The number of hydrogen-bond acceptors (Lipinski definition) is 6. The Labute approximate surface area is 90.4 Å². The Kier molecular flexibility index (Phi) is 1.66. The maximum atomic E-state index is 9.22. The molecule has 0 amide bonds. The molecule has 1 atom stereocenters. The van der Waals surface area contributed by atoms with Gasteiger partial charge in [0.05, 0.1) is 6.10 Å². The van der Waals surface area contributed by atoms with Crippen molar-refractivity contribution in [3.63, 3.8) is 0 Å². The number of aliphatic hydroxyl groups excluding tert-OH is 1. The van der Waals surface area contributed by atoms with Crippen LogP contribution in [0, 0.1) is 0 Å². The minimum Gasteiger partial charge on any atom is -0.388 e. The summed E-state index contributed by atoms with van der Waals surface area (Å²) in [5.41, 5.74) is 13.2. The predicted molar refractivity (Wildman–Crippen MR) is 59.0 cm³/mol. The van der Waals surface area contributed by atoms with Gasteiger partial charge in [-0.2, -0.15) is 9.97 Å². The Balaban J connectivity index is 2.19. The molecule has 3 rings (SSSR count). The lowest BCUT2D eigenvalue weighted by atomic mass is 10.5. The number of nitrogens with zero attached hydrogens (tertiary/aromatic N) is 4. The molecule has 1 aliphatic rings. The zero-order valence-electron chi connectivity index (χ0n) is 8.33. The molecule has 7 heteroatoms. The summed E-state index contributed by atoms with van der Waals surface area (Å²) in [5, 5.41) is 9.22. The van der Waals surface area contributed by atoms with Gasteiger partial charge in [-0.1, -0.05) is 0 Å². The number of aliphatic hydroxyl groups is 1. The Hall–Kier alpha value is -2.15. The molecule has 1 aliphatic carbocycles. The monoisotopic (exact) mass is 218 g/mol. The van der Waals surface area contributed by atoms with Gasteiger partial charge in [0.15, 0.2) is 17.0 Å². The fourth-order valence-electron chi connectivity index (χ4n) is 1.53. The van der Waals surface area contributed by atoms with Crippen molar-refractivity contribution in [2.45, 2.75) is 12.5 Å². The summed E-state index contributed by atoms with van der Waals surface area (Å²) in [6, 6.07) is 0. The van der Waals surface area contributed by atoms with E-state index >= 15 is 0 Å². The first-order valence-corrected chi connectivity index (χ1v) is 4.79. The van der Waals surface area contributed by atoms with Gasteiger partial charge < -0.3 is 16.6 Å². The van der Waals surface area contributed by atoms with E-state index in [4.69, 9.17) is 11.5 Å². The van der Waals surface area contributed by atoms with Gasteiger partial charge in [-0.15, -0.1) is 0 Å². The van der Waals surface area contributed by atoms with Gasteiger partial charge in [-0.3, -0.25) is 4.57 Å². The summed E-state index contributed by atoms with van der Waals surface area (Å²) in [6.07, 6.45) is 3.71. The van der Waals surface area contributed by atoms with Crippen LogP contribution < -0.4 is 11.5 Å². The Morgan fingerprint density at radius 1 is 1.44 bits per heavy atom. The Bertz CT molecular complexity index is 601. The molecule has 82 valence electrons. The van der Waals surface area contributed by atoms with Crippen molar-refractivity contribution < 1.29 is 5.11 Å². The standard InChI is InChI=1S/C9H10N6O/c10-7-6-8(14-9(11)13-7)15(3-12-6)2-4-1-5(4)16/h2-3,5,16H,1H2,(H4,10,11,13,14). The minimum atomic E-state index is -0.339. The number of nitrogens with two attached hydrogens (primary N) is 2. The second-order valence-electron chi connectivity index (χ2n) is 3.72. The number of anilines is 2. The van der Waals surface area contributed by atoms with Gasteiger partial charge >= 0.3 is 0 Å². The average Bonchev–Trinajstić information content (AvgIpc) is 2.72. The smallest absolute Gasteiger partial charge is 0.224 e. The predicted octanol–water partition coefficient (Wildman–Crippen LogP) is -0.404. The maximum absolute atomic E-state index is 9.22. The molecule has 5 N–H and O–H groups in total. The zero-order valence-corrected chi connectivity index (χ0v) is 8.33. The van der Waals surface area contributed by atoms with Gasteiger partial charge in [0.1, 0.15) is 6.33 Å². The molecule has 2 aromatic heterocycles. The maximum Gasteiger partial charge on any atom is 0.224 e. The number of fused-ring (bicyclic) bond motifs is 1. The molecule has 0 saturated heterocycles. The second-order valence-corrected chi connectivity index (χ2v) is 3.72. The number of rotatable bonds is 1. The van der Waals surface area contributed by atoms with Crippen molar-refractivity contribution in [3.05, 3.63) is 11.9 Å². The van der Waals surface area contributed by atoms with E-state index in [1.165, 1.54) is 0 Å². The molecule has 16 heavy (non-hydrogen) atoms. The van der Waals surface area contributed by atoms with Crippen LogP contribution in [0.3, 0.4) is 0 Å². The van der Waals surface area contributed by atoms with Crippen LogP contribution in [0.5, 0.6) is 0 Å². The molecule has 1 saturated carbocycles. The first kappa shape index (κ1) is 9.10. The summed E-state index contributed by atoms with van der Waals surface area (Å²) in [4.78, 5) is 12.0. The van der Waals surface area contributed by atoms with Gasteiger partial charge in [0.25, 0.3) is 0 Å². The SMILES string of the molecule is Nc1nc(N)c2ncn(C=C3CC3O)c2n1. The van der Waals surface area contributed by atoms with Gasteiger partial charge in [-0.05, 0) is 5.57 Å². The van der Waals surface area contributed by atoms with E-state index in [0.717, 1.165) is 5.57 Å². The highest BCUT2D eigenvalue weighted by Gasteiger charge is 2.27. The van der Waals surface area contributed by atoms with Crippen LogP contribution in [0.4, 0.5) is 11.8 Å². The lowest BCUT2D eigenvalue weighted by Gasteiger charge is -1.98. The fraction of sp³-hybridized carbons (Fsp3) is 0.222. The van der Waals surface area contributed by atoms with Crippen LogP contribution in [-0.4, -0.2) is 30.7 Å². The molecular weight excluding hydrogens is 208 g/mol. The topological polar surface area (TPSA) is 116 Å². The Morgan fingerprint density at radius 2 is 2.19 bits per heavy atom. The van der Waals surface area contributed by atoms with Crippen molar-refractivity contribution in [1.82, 2.24) is 19.5 Å². The van der Waals surface area contributed by atoms with Gasteiger partial charge in [-0.25, -0.2) is 4.98 Å². The van der Waals surface area contributed by atoms with E-state index in [1.807, 2.05) is 0 Å². The highest BCUT2D eigenvalue weighted by atomic mass is 16.3. The normalized spacial score (nSPS) is 21.8. The van der Waals surface area contributed by atoms with E-state index in [9.17, 15) is 5.11 Å². The first-order chi connectivity index (χ1) is 7.65. The molecule has 0 bridgehead atoms. The average molecular weight is 218 g/mol. The van der Waals surface area contributed by atoms with Crippen molar-refractivity contribution >= 4 is 29.1 Å². The number of hydrogen-bond donors (Lipinski definition) is 3. The third-order valence-corrected chi connectivity index (χ3v) is 2.47. The minimum absolute atomic E-state index is 0.112.